The fourth-order valence-corrected chi connectivity index (χ4v) is 7.38. The van der Waals surface area contributed by atoms with E-state index in [1.165, 1.54) is 16.7 Å². The maximum atomic E-state index is 14.0. The molecular formula is C35H42N4O4S. The molecule has 1 fully saturated rings. The number of amides is 3. The number of thioether (sulfide) groups is 1. The summed E-state index contributed by atoms with van der Waals surface area (Å²) in [5.41, 5.74) is 5.54. The van der Waals surface area contributed by atoms with E-state index in [1.807, 2.05) is 87.5 Å². The van der Waals surface area contributed by atoms with Crippen molar-refractivity contribution in [3.8, 4) is 0 Å². The lowest BCUT2D eigenvalue weighted by atomic mass is 9.96. The highest BCUT2D eigenvalue weighted by Crippen LogP contribution is 2.40. The molecule has 0 radical (unpaired) electrons. The molecule has 0 bridgehead atoms. The third-order valence-electron chi connectivity index (χ3n) is 8.79. The first-order chi connectivity index (χ1) is 21.1. The van der Waals surface area contributed by atoms with Gasteiger partial charge in [0.05, 0.1) is 11.9 Å². The summed E-state index contributed by atoms with van der Waals surface area (Å²) in [4.78, 5) is 45.1. The van der Waals surface area contributed by atoms with Crippen LogP contribution in [-0.4, -0.2) is 69.6 Å². The van der Waals surface area contributed by atoms with Crippen molar-refractivity contribution in [1.29, 1.82) is 0 Å². The normalized spacial score (nSPS) is 18.4. The van der Waals surface area contributed by atoms with Crippen molar-refractivity contribution in [1.82, 2.24) is 15.5 Å². The molecule has 0 saturated carbocycles. The Hall–Kier alpha value is -3.82. The van der Waals surface area contributed by atoms with Gasteiger partial charge in [0, 0.05) is 35.6 Å². The quantitative estimate of drug-likeness (QED) is 0.318. The molecule has 3 aromatic carbocycles. The average molecular weight is 615 g/mol. The van der Waals surface area contributed by atoms with E-state index < -0.39 is 28.8 Å². The van der Waals surface area contributed by atoms with Gasteiger partial charge in [-0.2, -0.15) is 0 Å². The van der Waals surface area contributed by atoms with Gasteiger partial charge in [0.25, 0.3) is 11.8 Å². The first-order valence-corrected chi connectivity index (χ1v) is 16.3. The summed E-state index contributed by atoms with van der Waals surface area (Å²) >= 11 is 1.50. The lowest BCUT2D eigenvalue weighted by Crippen LogP contribution is -2.58. The Labute approximate surface area is 264 Å². The Balaban J connectivity index is 1.37. The molecule has 0 spiro atoms. The molecule has 0 aliphatic carbocycles. The first-order valence-electron chi connectivity index (χ1n) is 15.3. The van der Waals surface area contributed by atoms with Gasteiger partial charge in [-0.25, -0.2) is 0 Å². The van der Waals surface area contributed by atoms with Gasteiger partial charge >= 0.3 is 0 Å². The summed E-state index contributed by atoms with van der Waals surface area (Å²) in [6.07, 6.45) is -0.537. The zero-order chi connectivity index (χ0) is 31.4. The molecule has 2 heterocycles. The molecular weight excluding hydrogens is 572 g/mol. The Bertz CT molecular complexity index is 1510. The SMILES string of the molecule is CCN1CCc2c(C(=O)NC(Cc3ccccc3)C(O)C(=O)N3CSC(C)(C)C3C(=O)NCc3ccccc3C)cccc21. The number of carbonyl (C=O) groups excluding carboxylic acids is 3. The molecule has 8 nitrogen and oxygen atoms in total. The predicted molar refractivity (Wildman–Crippen MR) is 176 cm³/mol. The van der Waals surface area contributed by atoms with E-state index in [4.69, 9.17) is 0 Å². The van der Waals surface area contributed by atoms with Crippen LogP contribution in [0.5, 0.6) is 0 Å². The lowest BCUT2D eigenvalue weighted by Gasteiger charge is -2.33. The van der Waals surface area contributed by atoms with Crippen LogP contribution in [0.2, 0.25) is 0 Å². The van der Waals surface area contributed by atoms with Crippen molar-refractivity contribution in [2.24, 2.45) is 0 Å². The van der Waals surface area contributed by atoms with Gasteiger partial charge in [-0.1, -0.05) is 60.7 Å². The third kappa shape index (κ3) is 6.64. The molecule has 44 heavy (non-hydrogen) atoms. The molecule has 5 rings (SSSR count). The number of hydrogen-bond acceptors (Lipinski definition) is 6. The van der Waals surface area contributed by atoms with Crippen LogP contribution in [0.15, 0.2) is 72.8 Å². The Morgan fingerprint density at radius 2 is 1.75 bits per heavy atom. The number of fused-ring (bicyclic) bond motifs is 1. The van der Waals surface area contributed by atoms with Crippen molar-refractivity contribution in [3.05, 3.63) is 101 Å². The topological polar surface area (TPSA) is 102 Å². The van der Waals surface area contributed by atoms with Crippen molar-refractivity contribution >= 4 is 35.2 Å². The van der Waals surface area contributed by atoms with E-state index in [9.17, 15) is 19.5 Å². The number of aliphatic hydroxyl groups is 1. The number of carbonyl (C=O) groups is 3. The number of anilines is 1. The van der Waals surface area contributed by atoms with E-state index in [0.29, 0.717) is 12.1 Å². The third-order valence-corrected chi connectivity index (χ3v) is 10.2. The van der Waals surface area contributed by atoms with Crippen molar-refractivity contribution in [2.75, 3.05) is 23.9 Å². The molecule has 3 N–H and O–H groups in total. The maximum absolute atomic E-state index is 14.0. The molecule has 3 atom stereocenters. The van der Waals surface area contributed by atoms with E-state index in [2.05, 4.69) is 22.5 Å². The highest BCUT2D eigenvalue weighted by Gasteiger charge is 2.49. The summed E-state index contributed by atoms with van der Waals surface area (Å²) in [5.74, 6) is -0.907. The molecule has 1 saturated heterocycles. The van der Waals surface area contributed by atoms with Gasteiger partial charge in [0.15, 0.2) is 6.10 Å². The number of rotatable bonds is 10. The summed E-state index contributed by atoms with van der Waals surface area (Å²) in [6, 6.07) is 21.4. The molecule has 2 aliphatic rings. The highest BCUT2D eigenvalue weighted by atomic mass is 32.2. The van der Waals surface area contributed by atoms with Crippen LogP contribution < -0.4 is 15.5 Å². The second kappa shape index (κ2) is 13.4. The van der Waals surface area contributed by atoms with Gasteiger partial charge < -0.3 is 25.5 Å². The van der Waals surface area contributed by atoms with Crippen LogP contribution in [0.3, 0.4) is 0 Å². The standard InChI is InChI=1S/C35H42N4O4S/c1-5-38-19-18-26-27(16-11-17-29(26)38)32(41)37-28(20-24-13-7-6-8-14-24)30(40)34(43)39-22-44-35(3,4)31(39)33(42)36-21-25-15-10-9-12-23(25)2/h6-17,28,30-31,40H,5,18-22H2,1-4H3,(H,36,42)(H,37,41). The Morgan fingerprint density at radius 3 is 2.48 bits per heavy atom. The van der Waals surface area contributed by atoms with Crippen LogP contribution >= 0.6 is 11.8 Å². The Morgan fingerprint density at radius 1 is 1.02 bits per heavy atom. The molecule has 3 aromatic rings. The second-order valence-electron chi connectivity index (χ2n) is 12.1. The van der Waals surface area contributed by atoms with Crippen LogP contribution in [0.1, 0.15) is 53.4 Å². The van der Waals surface area contributed by atoms with E-state index in [-0.39, 0.29) is 24.1 Å². The summed E-state index contributed by atoms with van der Waals surface area (Å²) in [6.45, 7) is 10.0. The minimum atomic E-state index is -1.55. The second-order valence-corrected chi connectivity index (χ2v) is 13.7. The monoisotopic (exact) mass is 614 g/mol. The van der Waals surface area contributed by atoms with Gasteiger partial charge in [-0.05, 0) is 74.9 Å². The van der Waals surface area contributed by atoms with Crippen molar-refractivity contribution in [2.45, 2.75) is 70.0 Å². The van der Waals surface area contributed by atoms with E-state index in [1.54, 1.807) is 6.07 Å². The predicted octanol–water partition coefficient (Wildman–Crippen LogP) is 4.08. The lowest BCUT2D eigenvalue weighted by molar-refractivity contribution is -0.147. The summed E-state index contributed by atoms with van der Waals surface area (Å²) in [7, 11) is 0. The first kappa shape index (κ1) is 31.6. The number of aliphatic hydroxyl groups excluding tert-OH is 1. The highest BCUT2D eigenvalue weighted by molar-refractivity contribution is 8.00. The smallest absolute Gasteiger partial charge is 0.254 e. The Kier molecular flexibility index (Phi) is 9.65. The number of nitrogens with one attached hydrogen (secondary N) is 2. The number of likely N-dealkylation sites (N-methyl/N-ethyl adjacent to an activating group) is 1. The molecule has 2 aliphatic heterocycles. The van der Waals surface area contributed by atoms with Crippen molar-refractivity contribution < 1.29 is 19.5 Å². The number of benzene rings is 3. The molecule has 3 amide bonds. The van der Waals surface area contributed by atoms with Crippen LogP contribution in [0.25, 0.3) is 0 Å². The zero-order valence-electron chi connectivity index (χ0n) is 25.9. The van der Waals surface area contributed by atoms with Crippen LogP contribution in [0, 0.1) is 6.92 Å². The molecule has 9 heteroatoms. The fraction of sp³-hybridized carbons (Fsp3) is 0.400. The van der Waals surface area contributed by atoms with E-state index >= 15 is 0 Å². The minimum absolute atomic E-state index is 0.254. The average Bonchev–Trinajstić information content (AvgIpc) is 3.59. The molecule has 232 valence electrons. The number of hydrogen-bond donors (Lipinski definition) is 3. The van der Waals surface area contributed by atoms with Gasteiger partial charge in [0.2, 0.25) is 5.91 Å². The molecule has 3 unspecified atom stereocenters. The largest absolute Gasteiger partial charge is 0.381 e. The maximum Gasteiger partial charge on any atom is 0.254 e. The number of nitrogens with zero attached hydrogens (tertiary/aromatic N) is 2. The van der Waals surface area contributed by atoms with Gasteiger partial charge in [-0.3, -0.25) is 14.4 Å². The van der Waals surface area contributed by atoms with E-state index in [0.717, 1.165) is 47.5 Å². The summed E-state index contributed by atoms with van der Waals surface area (Å²) in [5, 5.41) is 17.6. The number of aryl methyl sites for hydroxylation is 1. The van der Waals surface area contributed by atoms with Crippen LogP contribution in [-0.2, 0) is 29.0 Å². The van der Waals surface area contributed by atoms with Crippen LogP contribution in [0.4, 0.5) is 5.69 Å². The summed E-state index contributed by atoms with van der Waals surface area (Å²) < 4.78 is -0.570. The zero-order valence-corrected chi connectivity index (χ0v) is 26.7. The minimum Gasteiger partial charge on any atom is -0.381 e. The van der Waals surface area contributed by atoms with Gasteiger partial charge in [0.1, 0.15) is 6.04 Å². The molecule has 0 aromatic heterocycles. The van der Waals surface area contributed by atoms with Gasteiger partial charge in [-0.15, -0.1) is 11.8 Å². The van der Waals surface area contributed by atoms with Crippen molar-refractivity contribution in [3.63, 3.8) is 0 Å². The fourth-order valence-electron chi connectivity index (χ4n) is 6.24.